The molecule has 1 N–H and O–H groups in total. The van der Waals surface area contributed by atoms with Crippen molar-refractivity contribution in [2.45, 2.75) is 50.3 Å². The van der Waals surface area contributed by atoms with Crippen LogP contribution in [0.1, 0.15) is 48.2 Å². The summed E-state index contributed by atoms with van der Waals surface area (Å²) in [6, 6.07) is 9.16. The molecule has 172 valence electrons. The second-order valence-corrected chi connectivity index (χ2v) is 9.20. The van der Waals surface area contributed by atoms with Gasteiger partial charge in [-0.05, 0) is 30.0 Å². The SMILES string of the molecule is CC(C)(CC(O)(CN1CCC(=O)c2ccccc21)C(F)(F)F)c1ccc(F)c2c1OCC2. The van der Waals surface area contributed by atoms with E-state index in [1.165, 1.54) is 17.0 Å². The number of halogens is 4. The van der Waals surface area contributed by atoms with Gasteiger partial charge in [-0.1, -0.05) is 32.0 Å². The molecule has 4 nitrogen and oxygen atoms in total. The fourth-order valence-electron chi connectivity index (χ4n) is 4.82. The van der Waals surface area contributed by atoms with Gasteiger partial charge in [0.05, 0.1) is 13.2 Å². The highest BCUT2D eigenvalue weighted by atomic mass is 19.4. The van der Waals surface area contributed by atoms with Gasteiger partial charge in [0.1, 0.15) is 11.6 Å². The fourth-order valence-corrected chi connectivity index (χ4v) is 4.82. The van der Waals surface area contributed by atoms with Gasteiger partial charge in [0.25, 0.3) is 0 Å². The molecule has 0 bridgehead atoms. The molecule has 1 unspecified atom stereocenters. The number of rotatable bonds is 5. The number of para-hydroxylation sites is 1. The highest BCUT2D eigenvalue weighted by Crippen LogP contribution is 2.46. The number of ether oxygens (including phenoxy) is 1. The Morgan fingerprint density at radius 2 is 1.81 bits per heavy atom. The van der Waals surface area contributed by atoms with E-state index < -0.39 is 36.0 Å². The Morgan fingerprint density at radius 1 is 1.09 bits per heavy atom. The van der Waals surface area contributed by atoms with Crippen LogP contribution in [0.25, 0.3) is 0 Å². The van der Waals surface area contributed by atoms with E-state index in [0.29, 0.717) is 28.8 Å². The molecule has 4 rings (SSSR count). The van der Waals surface area contributed by atoms with E-state index in [9.17, 15) is 27.5 Å². The van der Waals surface area contributed by atoms with E-state index in [-0.39, 0.29) is 31.1 Å². The van der Waals surface area contributed by atoms with Crippen LogP contribution >= 0.6 is 0 Å². The molecule has 0 fully saturated rings. The van der Waals surface area contributed by atoms with Crippen LogP contribution in [0.5, 0.6) is 5.75 Å². The van der Waals surface area contributed by atoms with Crippen LogP contribution in [0.15, 0.2) is 36.4 Å². The second-order valence-electron chi connectivity index (χ2n) is 9.20. The third-order valence-electron chi connectivity index (χ3n) is 6.40. The monoisotopic (exact) mass is 451 g/mol. The Bertz CT molecular complexity index is 1050. The van der Waals surface area contributed by atoms with Crippen molar-refractivity contribution in [1.82, 2.24) is 0 Å². The fraction of sp³-hybridized carbons (Fsp3) is 0.458. The van der Waals surface area contributed by atoms with Crippen molar-refractivity contribution in [1.29, 1.82) is 0 Å². The molecule has 0 amide bonds. The molecule has 0 radical (unpaired) electrons. The summed E-state index contributed by atoms with van der Waals surface area (Å²) in [5.74, 6) is -0.307. The number of hydrogen-bond donors (Lipinski definition) is 1. The smallest absolute Gasteiger partial charge is 0.418 e. The van der Waals surface area contributed by atoms with Crippen molar-refractivity contribution in [2.24, 2.45) is 0 Å². The zero-order chi connectivity index (χ0) is 23.3. The first kappa shape index (κ1) is 22.6. The third kappa shape index (κ3) is 3.85. The number of carbonyl (C=O) groups excluding carboxylic acids is 1. The van der Waals surface area contributed by atoms with Gasteiger partial charge in [-0.3, -0.25) is 4.79 Å². The molecule has 0 saturated heterocycles. The Balaban J connectivity index is 1.69. The molecule has 2 aromatic rings. The summed E-state index contributed by atoms with van der Waals surface area (Å²) in [5, 5.41) is 11.0. The van der Waals surface area contributed by atoms with Crippen LogP contribution in [0, 0.1) is 5.82 Å². The molecule has 2 aliphatic rings. The van der Waals surface area contributed by atoms with Gasteiger partial charge in [0.2, 0.25) is 0 Å². The number of fused-ring (bicyclic) bond motifs is 2. The van der Waals surface area contributed by atoms with E-state index in [0.717, 1.165) is 0 Å². The predicted molar refractivity (Wildman–Crippen MR) is 112 cm³/mol. The lowest BCUT2D eigenvalue weighted by molar-refractivity contribution is -0.262. The van der Waals surface area contributed by atoms with Gasteiger partial charge >= 0.3 is 6.18 Å². The van der Waals surface area contributed by atoms with Crippen molar-refractivity contribution in [3.05, 3.63) is 58.9 Å². The first-order valence-electron chi connectivity index (χ1n) is 10.5. The second kappa shape index (κ2) is 7.76. The topological polar surface area (TPSA) is 49.8 Å². The van der Waals surface area contributed by atoms with Crippen LogP contribution in [0.2, 0.25) is 0 Å². The van der Waals surface area contributed by atoms with E-state index in [1.807, 2.05) is 0 Å². The third-order valence-corrected chi connectivity index (χ3v) is 6.40. The number of β-amino-alcohol motifs (C(OH)–C–C–N with tert-alkyl or cyclic N) is 1. The van der Waals surface area contributed by atoms with Crippen molar-refractivity contribution < 1.29 is 32.2 Å². The Kier molecular flexibility index (Phi) is 5.48. The van der Waals surface area contributed by atoms with Crippen molar-refractivity contribution in [2.75, 3.05) is 24.6 Å². The number of ketones is 1. The minimum Gasteiger partial charge on any atom is -0.493 e. The summed E-state index contributed by atoms with van der Waals surface area (Å²) in [5.41, 5.74) is -2.71. The summed E-state index contributed by atoms with van der Waals surface area (Å²) < 4.78 is 62.5. The van der Waals surface area contributed by atoms with Gasteiger partial charge in [0, 0.05) is 41.8 Å². The molecule has 2 aliphatic heterocycles. The number of alkyl halides is 3. The quantitative estimate of drug-likeness (QED) is 0.663. The number of carbonyl (C=O) groups is 1. The van der Waals surface area contributed by atoms with Crippen LogP contribution < -0.4 is 9.64 Å². The first-order chi connectivity index (χ1) is 14.9. The first-order valence-corrected chi connectivity index (χ1v) is 10.5. The van der Waals surface area contributed by atoms with Gasteiger partial charge < -0.3 is 14.7 Å². The Hall–Kier alpha value is -2.61. The van der Waals surface area contributed by atoms with Crippen molar-refractivity contribution in [3.8, 4) is 5.75 Å². The number of benzene rings is 2. The van der Waals surface area contributed by atoms with Crippen LogP contribution in [-0.4, -0.2) is 42.4 Å². The average molecular weight is 451 g/mol. The van der Waals surface area contributed by atoms with Crippen molar-refractivity contribution >= 4 is 11.5 Å². The van der Waals surface area contributed by atoms with E-state index in [2.05, 4.69) is 0 Å². The Morgan fingerprint density at radius 3 is 2.53 bits per heavy atom. The lowest BCUT2D eigenvalue weighted by Gasteiger charge is -2.42. The molecule has 2 heterocycles. The average Bonchev–Trinajstić information content (AvgIpc) is 3.20. The molecule has 0 aliphatic carbocycles. The molecule has 32 heavy (non-hydrogen) atoms. The van der Waals surface area contributed by atoms with E-state index in [4.69, 9.17) is 4.74 Å². The van der Waals surface area contributed by atoms with Crippen molar-refractivity contribution in [3.63, 3.8) is 0 Å². The number of hydrogen-bond acceptors (Lipinski definition) is 4. The maximum Gasteiger partial charge on any atom is 0.418 e. The maximum atomic E-state index is 14.3. The summed E-state index contributed by atoms with van der Waals surface area (Å²) in [4.78, 5) is 13.6. The van der Waals surface area contributed by atoms with Crippen LogP contribution in [-0.2, 0) is 11.8 Å². The highest BCUT2D eigenvalue weighted by molar-refractivity contribution is 6.03. The van der Waals surface area contributed by atoms with Gasteiger partial charge in [-0.25, -0.2) is 4.39 Å². The highest BCUT2D eigenvalue weighted by Gasteiger charge is 2.57. The Labute approximate surface area is 183 Å². The molecule has 0 saturated carbocycles. The minimum atomic E-state index is -4.93. The normalized spacial score (nSPS) is 18.1. The number of Topliss-reactive ketones (excluding diaryl/α,β-unsaturated/α-hetero) is 1. The maximum absolute atomic E-state index is 14.3. The number of nitrogens with zero attached hydrogens (tertiary/aromatic N) is 1. The largest absolute Gasteiger partial charge is 0.493 e. The van der Waals surface area contributed by atoms with E-state index >= 15 is 0 Å². The molecule has 0 spiro atoms. The molecule has 0 aromatic heterocycles. The van der Waals surface area contributed by atoms with Crippen LogP contribution in [0.3, 0.4) is 0 Å². The van der Waals surface area contributed by atoms with E-state index in [1.54, 1.807) is 38.1 Å². The van der Waals surface area contributed by atoms with Crippen LogP contribution in [0.4, 0.5) is 23.2 Å². The summed E-state index contributed by atoms with van der Waals surface area (Å²) >= 11 is 0. The summed E-state index contributed by atoms with van der Waals surface area (Å²) in [7, 11) is 0. The lowest BCUT2D eigenvalue weighted by Crippen LogP contribution is -2.57. The van der Waals surface area contributed by atoms with Gasteiger partial charge in [-0.15, -0.1) is 0 Å². The van der Waals surface area contributed by atoms with Gasteiger partial charge in [0.15, 0.2) is 11.4 Å². The lowest BCUT2D eigenvalue weighted by atomic mass is 9.73. The summed E-state index contributed by atoms with van der Waals surface area (Å²) in [6.45, 7) is 2.82. The molecule has 2 aromatic carbocycles. The predicted octanol–water partition coefficient (Wildman–Crippen LogP) is 4.81. The standard InChI is InChI=1S/C24H25F4NO3/c1-22(2,17-7-8-18(25)15-10-12-32-21(15)17)13-23(31,24(26,27)28)14-29-11-9-20(30)16-5-3-4-6-19(16)29/h3-8,31H,9-14H2,1-2H3. The molecular formula is C24H25F4NO3. The number of anilines is 1. The molecule has 1 atom stereocenters. The minimum absolute atomic E-state index is 0.0770. The molecular weight excluding hydrogens is 426 g/mol. The molecule has 8 heteroatoms. The zero-order valence-corrected chi connectivity index (χ0v) is 17.9. The summed E-state index contributed by atoms with van der Waals surface area (Å²) in [6.07, 6.45) is -5.15. The zero-order valence-electron chi connectivity index (χ0n) is 17.9. The number of aliphatic hydroxyl groups is 1. The van der Waals surface area contributed by atoms with Gasteiger partial charge in [-0.2, -0.15) is 13.2 Å².